The topological polar surface area (TPSA) is 75.5 Å². The summed E-state index contributed by atoms with van der Waals surface area (Å²) in [5, 5.41) is 5.70. The molecule has 178 valence electrons. The summed E-state index contributed by atoms with van der Waals surface area (Å²) in [6, 6.07) is 14.9. The molecule has 1 aliphatic rings. The van der Waals surface area contributed by atoms with Crippen LogP contribution in [-0.2, 0) is 6.54 Å². The Bertz CT molecular complexity index is 1220. The standard InChI is InChI=1S/C27H32N4O3/c1-3-4-5-8-15-31-26(33)24-10-7-6-9-23(24)25(28-31)27(34)30-18-16-29(17-19-30)22-13-11-21(12-14-22)20(2)32/h6-7,9-14H,3-5,8,15-19H2,1-2H3. The Kier molecular flexibility index (Phi) is 7.40. The molecule has 1 saturated heterocycles. The maximum Gasteiger partial charge on any atom is 0.275 e. The Morgan fingerprint density at radius 1 is 0.882 bits per heavy atom. The quantitative estimate of drug-likeness (QED) is 0.373. The fourth-order valence-electron chi connectivity index (χ4n) is 4.46. The molecule has 1 aliphatic heterocycles. The number of fused-ring (bicyclic) bond motifs is 1. The van der Waals surface area contributed by atoms with Gasteiger partial charge >= 0.3 is 0 Å². The van der Waals surface area contributed by atoms with Crippen molar-refractivity contribution in [3.05, 3.63) is 70.1 Å². The lowest BCUT2D eigenvalue weighted by Gasteiger charge is -2.36. The summed E-state index contributed by atoms with van der Waals surface area (Å²) in [6.07, 6.45) is 4.15. The van der Waals surface area contributed by atoms with Gasteiger partial charge in [0.2, 0.25) is 0 Å². The molecule has 2 heterocycles. The first-order valence-corrected chi connectivity index (χ1v) is 12.1. The fourth-order valence-corrected chi connectivity index (χ4v) is 4.46. The van der Waals surface area contributed by atoms with Crippen LogP contribution in [-0.4, -0.2) is 52.5 Å². The Labute approximate surface area is 200 Å². The molecule has 3 aromatic rings. The van der Waals surface area contributed by atoms with Crippen molar-refractivity contribution >= 4 is 28.2 Å². The number of anilines is 1. The number of ketones is 1. The fraction of sp³-hybridized carbons (Fsp3) is 0.407. The van der Waals surface area contributed by atoms with Crippen LogP contribution in [0.1, 0.15) is 60.4 Å². The van der Waals surface area contributed by atoms with Gasteiger partial charge in [-0.15, -0.1) is 0 Å². The molecule has 2 aromatic carbocycles. The first kappa shape index (κ1) is 23.7. The van der Waals surface area contributed by atoms with E-state index in [4.69, 9.17) is 0 Å². The largest absolute Gasteiger partial charge is 0.368 e. The van der Waals surface area contributed by atoms with E-state index >= 15 is 0 Å². The third kappa shape index (κ3) is 5.03. The average Bonchev–Trinajstić information content (AvgIpc) is 2.87. The van der Waals surface area contributed by atoms with Gasteiger partial charge in [-0.2, -0.15) is 5.10 Å². The molecule has 0 spiro atoms. The number of hydrogen-bond acceptors (Lipinski definition) is 5. The number of amides is 1. The van der Waals surface area contributed by atoms with Crippen LogP contribution in [0, 0.1) is 0 Å². The van der Waals surface area contributed by atoms with E-state index in [0.717, 1.165) is 31.4 Å². The van der Waals surface area contributed by atoms with Gasteiger partial charge in [-0.25, -0.2) is 4.68 Å². The van der Waals surface area contributed by atoms with E-state index in [9.17, 15) is 14.4 Å². The zero-order valence-electron chi connectivity index (χ0n) is 20.0. The smallest absolute Gasteiger partial charge is 0.275 e. The first-order chi connectivity index (χ1) is 16.5. The summed E-state index contributed by atoms with van der Waals surface area (Å²) in [6.45, 7) is 6.76. The van der Waals surface area contributed by atoms with Crippen LogP contribution in [0.5, 0.6) is 0 Å². The molecule has 7 heteroatoms. The predicted molar refractivity (Wildman–Crippen MR) is 135 cm³/mol. The second-order valence-electron chi connectivity index (χ2n) is 8.87. The van der Waals surface area contributed by atoms with Crippen molar-refractivity contribution in [3.63, 3.8) is 0 Å². The van der Waals surface area contributed by atoms with E-state index in [-0.39, 0.29) is 17.2 Å². The molecule has 7 nitrogen and oxygen atoms in total. The number of aromatic nitrogens is 2. The number of piperazine rings is 1. The molecule has 0 atom stereocenters. The van der Waals surface area contributed by atoms with E-state index in [1.165, 1.54) is 4.68 Å². The molecule has 1 fully saturated rings. The molecule has 0 bridgehead atoms. The minimum atomic E-state index is -0.137. The van der Waals surface area contributed by atoms with Crippen LogP contribution in [0.3, 0.4) is 0 Å². The van der Waals surface area contributed by atoms with Crippen molar-refractivity contribution in [1.29, 1.82) is 0 Å². The minimum Gasteiger partial charge on any atom is -0.368 e. The van der Waals surface area contributed by atoms with Gasteiger partial charge < -0.3 is 9.80 Å². The van der Waals surface area contributed by atoms with Crippen LogP contribution in [0.2, 0.25) is 0 Å². The lowest BCUT2D eigenvalue weighted by Crippen LogP contribution is -2.49. The molecule has 0 radical (unpaired) electrons. The van der Waals surface area contributed by atoms with E-state index in [0.29, 0.717) is 54.8 Å². The van der Waals surface area contributed by atoms with Crippen molar-refractivity contribution in [2.75, 3.05) is 31.1 Å². The molecule has 4 rings (SSSR count). The van der Waals surface area contributed by atoms with Gasteiger partial charge in [0.05, 0.1) is 5.39 Å². The Hall–Kier alpha value is -3.48. The molecule has 1 amide bonds. The van der Waals surface area contributed by atoms with Gasteiger partial charge in [0, 0.05) is 49.4 Å². The summed E-state index contributed by atoms with van der Waals surface area (Å²) >= 11 is 0. The number of benzene rings is 2. The number of hydrogen-bond donors (Lipinski definition) is 0. The maximum atomic E-state index is 13.5. The SMILES string of the molecule is CCCCCCn1nc(C(=O)N2CCN(c3ccc(C(C)=O)cc3)CC2)c2ccccc2c1=O. The van der Waals surface area contributed by atoms with Crippen LogP contribution >= 0.6 is 0 Å². The predicted octanol–water partition coefficient (Wildman–Crippen LogP) is 4.14. The number of carbonyl (C=O) groups is 2. The summed E-state index contributed by atoms with van der Waals surface area (Å²) in [5.74, 6) is -0.0847. The zero-order valence-corrected chi connectivity index (χ0v) is 20.0. The van der Waals surface area contributed by atoms with E-state index < -0.39 is 0 Å². The van der Waals surface area contributed by atoms with Gasteiger partial charge in [-0.3, -0.25) is 14.4 Å². The molecule has 1 aromatic heterocycles. The van der Waals surface area contributed by atoms with Crippen LogP contribution in [0.15, 0.2) is 53.3 Å². The number of aryl methyl sites for hydroxylation is 1. The van der Waals surface area contributed by atoms with Crippen molar-refractivity contribution in [2.45, 2.75) is 46.1 Å². The van der Waals surface area contributed by atoms with Crippen LogP contribution < -0.4 is 10.5 Å². The third-order valence-electron chi connectivity index (χ3n) is 6.50. The lowest BCUT2D eigenvalue weighted by atomic mass is 10.1. The normalized spacial score (nSPS) is 13.9. The second kappa shape index (κ2) is 10.6. The highest BCUT2D eigenvalue weighted by atomic mass is 16.2. The van der Waals surface area contributed by atoms with Gasteiger partial charge in [0.25, 0.3) is 11.5 Å². The molecule has 0 unspecified atom stereocenters. The molecule has 0 saturated carbocycles. The highest BCUT2D eigenvalue weighted by molar-refractivity contribution is 6.04. The molecule has 0 N–H and O–H groups in total. The number of rotatable bonds is 8. The lowest BCUT2D eigenvalue weighted by molar-refractivity contribution is 0.0740. The summed E-state index contributed by atoms with van der Waals surface area (Å²) in [5.41, 5.74) is 1.95. The van der Waals surface area contributed by atoms with Gasteiger partial charge in [-0.05, 0) is 43.7 Å². The number of Topliss-reactive ketones (excluding diaryl/α,β-unsaturated/α-hetero) is 1. The number of unbranched alkanes of at least 4 members (excludes halogenated alkanes) is 3. The van der Waals surface area contributed by atoms with Gasteiger partial charge in [-0.1, -0.05) is 44.4 Å². The summed E-state index contributed by atoms with van der Waals surface area (Å²) < 4.78 is 1.47. The van der Waals surface area contributed by atoms with Crippen LogP contribution in [0.4, 0.5) is 5.69 Å². The molecular weight excluding hydrogens is 428 g/mol. The van der Waals surface area contributed by atoms with Gasteiger partial charge in [0.1, 0.15) is 0 Å². The van der Waals surface area contributed by atoms with Crippen molar-refractivity contribution in [3.8, 4) is 0 Å². The zero-order chi connectivity index (χ0) is 24.1. The van der Waals surface area contributed by atoms with Crippen molar-refractivity contribution in [1.82, 2.24) is 14.7 Å². The Morgan fingerprint density at radius 2 is 1.56 bits per heavy atom. The van der Waals surface area contributed by atoms with E-state index in [1.54, 1.807) is 13.0 Å². The maximum absolute atomic E-state index is 13.5. The number of nitrogens with zero attached hydrogens (tertiary/aromatic N) is 4. The Balaban J connectivity index is 1.52. The molecule has 0 aliphatic carbocycles. The van der Waals surface area contributed by atoms with Gasteiger partial charge in [0.15, 0.2) is 11.5 Å². The number of carbonyl (C=O) groups excluding carboxylic acids is 2. The monoisotopic (exact) mass is 460 g/mol. The average molecular weight is 461 g/mol. The summed E-state index contributed by atoms with van der Waals surface area (Å²) in [4.78, 5) is 42.0. The van der Waals surface area contributed by atoms with E-state index in [1.807, 2.05) is 47.4 Å². The first-order valence-electron chi connectivity index (χ1n) is 12.1. The highest BCUT2D eigenvalue weighted by Gasteiger charge is 2.26. The van der Waals surface area contributed by atoms with E-state index in [2.05, 4.69) is 16.9 Å². The third-order valence-corrected chi connectivity index (χ3v) is 6.50. The Morgan fingerprint density at radius 3 is 2.21 bits per heavy atom. The van der Waals surface area contributed by atoms with Crippen molar-refractivity contribution < 1.29 is 9.59 Å². The van der Waals surface area contributed by atoms with Crippen LogP contribution in [0.25, 0.3) is 10.8 Å². The molecular formula is C27H32N4O3. The summed E-state index contributed by atoms with van der Waals surface area (Å²) in [7, 11) is 0. The van der Waals surface area contributed by atoms with Crippen molar-refractivity contribution in [2.24, 2.45) is 0 Å². The minimum absolute atomic E-state index is 0.0494. The highest BCUT2D eigenvalue weighted by Crippen LogP contribution is 2.20. The second-order valence-corrected chi connectivity index (χ2v) is 8.87. The molecule has 34 heavy (non-hydrogen) atoms.